The second-order valence-corrected chi connectivity index (χ2v) is 8.01. The highest BCUT2D eigenvalue weighted by Crippen LogP contribution is 2.44. The Morgan fingerprint density at radius 3 is 2.62 bits per heavy atom. The summed E-state index contributed by atoms with van der Waals surface area (Å²) in [4.78, 5) is 2.22. The van der Waals surface area contributed by atoms with E-state index in [4.69, 9.17) is 9.47 Å². The van der Waals surface area contributed by atoms with Crippen molar-refractivity contribution in [3.05, 3.63) is 59.4 Å². The highest BCUT2D eigenvalue weighted by Gasteiger charge is 2.43. The first kappa shape index (κ1) is 20.1. The lowest BCUT2D eigenvalue weighted by Gasteiger charge is -2.46. The second kappa shape index (κ2) is 8.30. The van der Waals surface area contributed by atoms with Crippen molar-refractivity contribution in [2.45, 2.75) is 44.0 Å². The fourth-order valence-electron chi connectivity index (χ4n) is 4.36. The smallest absolute Gasteiger partial charge is 0.126 e. The number of ether oxygens (including phenoxy) is 2. The summed E-state index contributed by atoms with van der Waals surface area (Å²) in [6.45, 7) is 4.66. The minimum absolute atomic E-state index is 0.361. The molecule has 2 aromatic carbocycles. The number of piperidine rings is 1. The van der Waals surface area contributed by atoms with Gasteiger partial charge in [0, 0.05) is 31.6 Å². The minimum atomic E-state index is -0.713. The normalized spacial score (nSPS) is 22.0. The van der Waals surface area contributed by atoms with Crippen LogP contribution in [0.25, 0.3) is 0 Å². The van der Waals surface area contributed by atoms with Crippen LogP contribution in [-0.2, 0) is 0 Å². The molecule has 1 saturated heterocycles. The van der Waals surface area contributed by atoms with Crippen LogP contribution in [0.2, 0.25) is 0 Å². The number of hydrogen-bond donors (Lipinski definition) is 2. The molecule has 0 saturated carbocycles. The van der Waals surface area contributed by atoms with Gasteiger partial charge in [-0.1, -0.05) is 12.1 Å². The first-order valence-corrected chi connectivity index (χ1v) is 10.3. The fraction of sp³-hybridized carbons (Fsp3) is 0.478. The molecule has 1 spiro atoms. The average molecular weight is 401 g/mol. The van der Waals surface area contributed by atoms with Crippen molar-refractivity contribution in [1.29, 1.82) is 0 Å². The van der Waals surface area contributed by atoms with Crippen LogP contribution in [0.15, 0.2) is 42.5 Å². The van der Waals surface area contributed by atoms with E-state index in [9.17, 15) is 14.6 Å². The second-order valence-electron chi connectivity index (χ2n) is 8.01. The van der Waals surface area contributed by atoms with Crippen molar-refractivity contribution < 1.29 is 24.1 Å². The molecular weight excluding hydrogens is 373 g/mol. The van der Waals surface area contributed by atoms with Gasteiger partial charge in [0.2, 0.25) is 0 Å². The predicted octanol–water partition coefficient (Wildman–Crippen LogP) is 3.61. The molecule has 2 aliphatic heterocycles. The number of fused-ring (bicyclic) bond motifs is 1. The molecule has 156 valence electrons. The summed E-state index contributed by atoms with van der Waals surface area (Å²) in [6.07, 6.45) is 0.712. The number of nitrogens with zero attached hydrogens (tertiary/aromatic N) is 1. The van der Waals surface area contributed by atoms with E-state index in [-0.39, 0.29) is 5.82 Å². The van der Waals surface area contributed by atoms with Crippen LogP contribution >= 0.6 is 0 Å². The van der Waals surface area contributed by atoms with Crippen LogP contribution in [0.3, 0.4) is 0 Å². The zero-order valence-corrected chi connectivity index (χ0v) is 16.7. The number of halogens is 1. The molecule has 2 aromatic rings. The standard InChI is InChI=1S/C23H28FNO4/c1-2-28-18-6-3-16(4-7-18)21(27)15-25-11-9-23(10-12-25)14-20(26)19-13-17(24)5-8-22(19)29-23/h3-8,13,20-21,26-27H,2,9-12,14-15H2,1H3/t20-,21-/m1/s1. The van der Waals surface area contributed by atoms with Crippen molar-refractivity contribution in [2.75, 3.05) is 26.2 Å². The molecule has 2 N–H and O–H groups in total. The summed E-state index contributed by atoms with van der Waals surface area (Å²) in [5, 5.41) is 21.1. The lowest BCUT2D eigenvalue weighted by Crippen LogP contribution is -2.51. The lowest BCUT2D eigenvalue weighted by atomic mass is 9.81. The van der Waals surface area contributed by atoms with E-state index in [0.717, 1.165) is 37.2 Å². The maximum Gasteiger partial charge on any atom is 0.126 e. The van der Waals surface area contributed by atoms with Crippen molar-refractivity contribution in [2.24, 2.45) is 0 Å². The number of benzene rings is 2. The van der Waals surface area contributed by atoms with Gasteiger partial charge in [-0.05, 0) is 55.7 Å². The maximum absolute atomic E-state index is 13.5. The molecule has 1 fully saturated rings. The predicted molar refractivity (Wildman–Crippen MR) is 108 cm³/mol. The van der Waals surface area contributed by atoms with E-state index in [1.54, 1.807) is 6.07 Å². The molecule has 2 atom stereocenters. The molecule has 6 heteroatoms. The molecule has 0 unspecified atom stereocenters. The Morgan fingerprint density at radius 1 is 1.21 bits per heavy atom. The molecule has 0 bridgehead atoms. The third-order valence-corrected chi connectivity index (χ3v) is 6.00. The number of aliphatic hydroxyl groups excluding tert-OH is 2. The quantitative estimate of drug-likeness (QED) is 0.802. The zero-order chi connectivity index (χ0) is 20.4. The van der Waals surface area contributed by atoms with Crippen LogP contribution in [0, 0.1) is 5.82 Å². The molecular formula is C23H28FNO4. The van der Waals surface area contributed by atoms with Crippen LogP contribution < -0.4 is 9.47 Å². The van der Waals surface area contributed by atoms with Gasteiger partial charge >= 0.3 is 0 Å². The summed E-state index contributed by atoms with van der Waals surface area (Å²) in [5.41, 5.74) is 0.975. The van der Waals surface area contributed by atoms with Gasteiger partial charge in [-0.25, -0.2) is 4.39 Å². The van der Waals surface area contributed by atoms with Crippen molar-refractivity contribution in [3.8, 4) is 11.5 Å². The topological polar surface area (TPSA) is 62.2 Å². The number of β-amino-alcohol motifs (C(OH)–C–C–N with tert-alkyl or cyclic N) is 1. The van der Waals surface area contributed by atoms with Gasteiger partial charge in [0.15, 0.2) is 0 Å². The maximum atomic E-state index is 13.5. The Morgan fingerprint density at radius 2 is 1.93 bits per heavy atom. The van der Waals surface area contributed by atoms with Crippen molar-refractivity contribution >= 4 is 0 Å². The van der Waals surface area contributed by atoms with Gasteiger partial charge in [0.25, 0.3) is 0 Å². The van der Waals surface area contributed by atoms with Crippen LogP contribution in [0.5, 0.6) is 11.5 Å². The third kappa shape index (κ3) is 4.39. The first-order chi connectivity index (χ1) is 14.0. The SMILES string of the molecule is CCOc1ccc([C@H](O)CN2CCC3(CC2)C[C@@H](O)c2cc(F)ccc2O3)cc1. The van der Waals surface area contributed by atoms with Gasteiger partial charge in [0.1, 0.15) is 22.9 Å². The third-order valence-electron chi connectivity index (χ3n) is 6.00. The van der Waals surface area contributed by atoms with E-state index in [1.807, 2.05) is 31.2 Å². The summed E-state index contributed by atoms with van der Waals surface area (Å²) in [5.74, 6) is 1.02. The number of aliphatic hydroxyl groups is 2. The highest BCUT2D eigenvalue weighted by molar-refractivity contribution is 5.38. The van der Waals surface area contributed by atoms with Gasteiger partial charge in [-0.2, -0.15) is 0 Å². The molecule has 2 aliphatic rings. The summed E-state index contributed by atoms with van der Waals surface area (Å²) < 4.78 is 25.1. The van der Waals surface area contributed by atoms with E-state index in [1.165, 1.54) is 12.1 Å². The minimum Gasteiger partial charge on any atom is -0.494 e. The van der Waals surface area contributed by atoms with Crippen LogP contribution in [0.1, 0.15) is 49.5 Å². The highest BCUT2D eigenvalue weighted by atomic mass is 19.1. The summed E-state index contributed by atoms with van der Waals surface area (Å²) in [7, 11) is 0. The molecule has 0 aliphatic carbocycles. The molecule has 2 heterocycles. The van der Waals surface area contributed by atoms with Gasteiger partial charge in [0.05, 0.1) is 18.8 Å². The van der Waals surface area contributed by atoms with Gasteiger partial charge in [-0.3, -0.25) is 0 Å². The summed E-state index contributed by atoms with van der Waals surface area (Å²) in [6, 6.07) is 11.9. The first-order valence-electron chi connectivity index (χ1n) is 10.3. The van der Waals surface area contributed by atoms with Crippen molar-refractivity contribution in [3.63, 3.8) is 0 Å². The van der Waals surface area contributed by atoms with Crippen LogP contribution in [-0.4, -0.2) is 47.0 Å². The number of hydrogen-bond acceptors (Lipinski definition) is 5. The Kier molecular flexibility index (Phi) is 5.76. The van der Waals surface area contributed by atoms with Gasteiger partial charge < -0.3 is 24.6 Å². The molecule has 4 rings (SSSR count). The number of rotatable bonds is 5. The zero-order valence-electron chi connectivity index (χ0n) is 16.7. The van der Waals surface area contributed by atoms with Crippen molar-refractivity contribution in [1.82, 2.24) is 4.90 Å². The monoisotopic (exact) mass is 401 g/mol. The molecule has 29 heavy (non-hydrogen) atoms. The Balaban J connectivity index is 1.35. The number of likely N-dealkylation sites (tertiary alicyclic amines) is 1. The van der Waals surface area contributed by atoms with Gasteiger partial charge in [-0.15, -0.1) is 0 Å². The molecule has 0 radical (unpaired) electrons. The van der Waals surface area contributed by atoms with E-state index in [0.29, 0.717) is 30.9 Å². The van der Waals surface area contributed by atoms with E-state index >= 15 is 0 Å². The average Bonchev–Trinajstić information content (AvgIpc) is 2.71. The molecule has 0 amide bonds. The summed E-state index contributed by atoms with van der Waals surface area (Å²) >= 11 is 0. The molecule has 0 aromatic heterocycles. The van der Waals surface area contributed by atoms with Crippen LogP contribution in [0.4, 0.5) is 4.39 Å². The Hall–Kier alpha value is -2.15. The fourth-order valence-corrected chi connectivity index (χ4v) is 4.36. The van der Waals surface area contributed by atoms with E-state index in [2.05, 4.69) is 4.90 Å². The largest absolute Gasteiger partial charge is 0.494 e. The Labute approximate surface area is 170 Å². The Bertz CT molecular complexity index is 833. The molecule has 5 nitrogen and oxygen atoms in total. The lowest BCUT2D eigenvalue weighted by molar-refractivity contribution is -0.0589. The van der Waals surface area contributed by atoms with E-state index < -0.39 is 17.8 Å².